The van der Waals surface area contributed by atoms with Crippen molar-refractivity contribution in [3.05, 3.63) is 23.8 Å². The third-order valence-corrected chi connectivity index (χ3v) is 8.03. The first-order valence-corrected chi connectivity index (χ1v) is 13.2. The van der Waals surface area contributed by atoms with Crippen LogP contribution in [-0.2, 0) is 0 Å². The number of hydrogen-bond donors (Lipinski definition) is 2. The Morgan fingerprint density at radius 1 is 1.29 bits per heavy atom. The van der Waals surface area contributed by atoms with E-state index in [0.717, 1.165) is 55.4 Å². The molecule has 2 atom stereocenters. The number of fused-ring (bicyclic) bond motifs is 1. The van der Waals surface area contributed by atoms with Crippen molar-refractivity contribution >= 4 is 22.9 Å². The summed E-state index contributed by atoms with van der Waals surface area (Å²) in [6.45, 7) is 3.76. The number of rotatable bonds is 8. The lowest BCUT2D eigenvalue weighted by atomic mass is 9.78. The molecule has 1 amide bonds. The molecule has 0 spiro atoms. The zero-order chi connectivity index (χ0) is 26.3. The fourth-order valence-electron chi connectivity index (χ4n) is 5.35. The van der Waals surface area contributed by atoms with Crippen LogP contribution in [0.4, 0.5) is 5.95 Å². The number of carbonyl (C=O) groups is 1. The molecule has 3 fully saturated rings. The van der Waals surface area contributed by atoms with Crippen LogP contribution < -0.4 is 19.7 Å². The fraction of sp³-hybridized carbons (Fsp3) is 0.577. The minimum Gasteiger partial charge on any atom is -0.496 e. The zero-order valence-electron chi connectivity index (χ0n) is 21.6. The number of aromatic amines is 1. The van der Waals surface area contributed by atoms with Crippen LogP contribution in [-0.4, -0.2) is 68.4 Å². The van der Waals surface area contributed by atoms with Crippen LogP contribution in [0.5, 0.6) is 11.8 Å². The number of H-pyrrole nitrogens is 1. The smallest absolute Gasteiger partial charge is 0.321 e. The number of methoxy groups -OCH3 is 1. The van der Waals surface area contributed by atoms with E-state index in [1.54, 1.807) is 13.3 Å². The maximum Gasteiger partial charge on any atom is 0.321 e. The molecule has 12 nitrogen and oxygen atoms in total. The molecule has 1 aliphatic heterocycles. The second kappa shape index (κ2) is 9.70. The van der Waals surface area contributed by atoms with Gasteiger partial charge in [0, 0.05) is 36.7 Å². The van der Waals surface area contributed by atoms with E-state index in [1.165, 1.54) is 0 Å². The highest BCUT2D eigenvalue weighted by atomic mass is 16.5. The van der Waals surface area contributed by atoms with Crippen molar-refractivity contribution in [1.29, 1.82) is 5.26 Å². The second-order valence-electron chi connectivity index (χ2n) is 10.8. The topological polar surface area (TPSA) is 155 Å². The third-order valence-electron chi connectivity index (χ3n) is 8.03. The summed E-state index contributed by atoms with van der Waals surface area (Å²) in [4.78, 5) is 32.9. The summed E-state index contributed by atoms with van der Waals surface area (Å²) in [7, 11) is 1.65. The summed E-state index contributed by atoms with van der Waals surface area (Å²) in [5, 5.41) is 20.7. The normalized spacial score (nSPS) is 22.4. The average molecular weight is 518 g/mol. The van der Waals surface area contributed by atoms with Crippen LogP contribution in [0.25, 0.3) is 11.0 Å². The molecule has 1 unspecified atom stereocenters. The lowest BCUT2D eigenvalue weighted by Gasteiger charge is -2.38. The van der Waals surface area contributed by atoms with Gasteiger partial charge < -0.3 is 19.7 Å². The molecule has 2 aliphatic carbocycles. The second-order valence-corrected chi connectivity index (χ2v) is 10.8. The Labute approximate surface area is 220 Å². The number of carbonyl (C=O) groups excluding carboxylic acids is 1. The van der Waals surface area contributed by atoms with Crippen LogP contribution >= 0.6 is 0 Å². The number of nitriles is 1. The van der Waals surface area contributed by atoms with E-state index in [9.17, 15) is 4.79 Å². The highest BCUT2D eigenvalue weighted by Gasteiger charge is 2.38. The van der Waals surface area contributed by atoms with E-state index in [-0.39, 0.29) is 41.0 Å². The first kappa shape index (κ1) is 24.3. The summed E-state index contributed by atoms with van der Waals surface area (Å²) < 4.78 is 11.4. The van der Waals surface area contributed by atoms with E-state index in [4.69, 9.17) is 14.7 Å². The molecular weight excluding hydrogens is 486 g/mol. The summed E-state index contributed by atoms with van der Waals surface area (Å²) in [6.07, 6.45) is 7.14. The number of nitrogens with zero attached hydrogens (tertiary/aromatic N) is 7. The van der Waals surface area contributed by atoms with Gasteiger partial charge >= 0.3 is 6.01 Å². The number of hydrogen-bond acceptors (Lipinski definition) is 10. The van der Waals surface area contributed by atoms with Crippen molar-refractivity contribution < 1.29 is 14.3 Å². The van der Waals surface area contributed by atoms with Gasteiger partial charge in [0.2, 0.25) is 11.8 Å². The van der Waals surface area contributed by atoms with Gasteiger partial charge in [-0.2, -0.15) is 25.3 Å². The third kappa shape index (κ3) is 4.68. The molecule has 3 aliphatic rings. The minimum atomic E-state index is -0.320. The number of piperidine rings is 1. The van der Waals surface area contributed by atoms with Gasteiger partial charge in [0.25, 0.3) is 5.91 Å². The molecule has 198 valence electrons. The molecule has 2 saturated carbocycles. The minimum absolute atomic E-state index is 0.0172. The molecule has 38 heavy (non-hydrogen) atoms. The number of ether oxygens (including phenoxy) is 2. The van der Waals surface area contributed by atoms with Crippen molar-refractivity contribution in [3.8, 4) is 17.8 Å². The Hall–Kier alpha value is -4.01. The summed E-state index contributed by atoms with van der Waals surface area (Å²) in [5.41, 5.74) is 1.44. The van der Waals surface area contributed by atoms with Gasteiger partial charge in [-0.25, -0.2) is 4.98 Å². The number of amides is 1. The van der Waals surface area contributed by atoms with Crippen LogP contribution in [0.3, 0.4) is 0 Å². The molecule has 6 rings (SSSR count). The van der Waals surface area contributed by atoms with E-state index < -0.39 is 0 Å². The maximum absolute atomic E-state index is 13.1. The average Bonchev–Trinajstić information content (AvgIpc) is 3.57. The van der Waals surface area contributed by atoms with Gasteiger partial charge in [-0.15, -0.1) is 0 Å². The quantitative estimate of drug-likeness (QED) is 0.456. The highest BCUT2D eigenvalue weighted by molar-refractivity contribution is 5.91. The van der Waals surface area contributed by atoms with Gasteiger partial charge in [-0.1, -0.05) is 0 Å². The highest BCUT2D eigenvalue weighted by Crippen LogP contribution is 2.38. The number of anilines is 1. The predicted octanol–water partition coefficient (Wildman–Crippen LogP) is 2.75. The molecular formula is C26H31N9O3. The molecule has 0 radical (unpaired) electrons. The number of pyridine rings is 1. The molecule has 3 aromatic rings. The van der Waals surface area contributed by atoms with Gasteiger partial charge in [0.1, 0.15) is 5.75 Å². The lowest BCUT2D eigenvalue weighted by Crippen LogP contribution is -2.51. The van der Waals surface area contributed by atoms with E-state index >= 15 is 0 Å². The number of aromatic nitrogens is 6. The molecule has 3 aromatic heterocycles. The lowest BCUT2D eigenvalue weighted by molar-refractivity contribution is 0.0837. The van der Waals surface area contributed by atoms with Crippen molar-refractivity contribution in [3.63, 3.8) is 0 Å². The first-order chi connectivity index (χ1) is 18.5. The Balaban J connectivity index is 1.20. The summed E-state index contributed by atoms with van der Waals surface area (Å²) >= 11 is 0. The van der Waals surface area contributed by atoms with Crippen molar-refractivity contribution in [2.75, 3.05) is 31.7 Å². The molecule has 12 heteroatoms. The Kier molecular flexibility index (Phi) is 6.21. The van der Waals surface area contributed by atoms with Crippen molar-refractivity contribution in [2.24, 2.45) is 11.8 Å². The SMILES string of the molecule is COc1ccnc2[nH]nc(C3CCN(c4nc(OC[C@H]5CC5C#N)nc(C(=O)NC5(C)CCC5)n4)CC3)c12. The standard InChI is InChI=1S/C26H31N9O3/c1-26(7-3-8-26)32-23(36)22-29-24(31-25(30-22)38-14-17-12-16(17)13-27)35-10-5-15(6-11-35)20-19-18(37-2)4-9-28-21(19)34-33-20/h4,9,15-17H,3,5-8,10-12,14H2,1-2H3,(H,32,36)(H,28,33,34)/t16?,17-/m1/s1. The Morgan fingerprint density at radius 2 is 2.11 bits per heavy atom. The van der Waals surface area contributed by atoms with Crippen LogP contribution in [0.1, 0.15) is 67.7 Å². The van der Waals surface area contributed by atoms with Crippen molar-refractivity contribution in [1.82, 2.24) is 35.5 Å². The Bertz CT molecular complexity index is 1390. The summed E-state index contributed by atoms with van der Waals surface area (Å²) in [5.74, 6) is 1.33. The largest absolute Gasteiger partial charge is 0.496 e. The van der Waals surface area contributed by atoms with Crippen LogP contribution in [0.2, 0.25) is 0 Å². The monoisotopic (exact) mass is 517 g/mol. The zero-order valence-corrected chi connectivity index (χ0v) is 21.6. The Morgan fingerprint density at radius 3 is 2.79 bits per heavy atom. The van der Waals surface area contributed by atoms with Gasteiger partial charge in [0.15, 0.2) is 5.65 Å². The van der Waals surface area contributed by atoms with Gasteiger partial charge in [0.05, 0.1) is 36.8 Å². The number of nitrogens with one attached hydrogen (secondary N) is 2. The van der Waals surface area contributed by atoms with E-state index in [1.807, 2.05) is 13.0 Å². The molecule has 0 bridgehead atoms. The molecule has 2 N–H and O–H groups in total. The van der Waals surface area contributed by atoms with Gasteiger partial charge in [-0.3, -0.25) is 9.89 Å². The molecule has 4 heterocycles. The van der Waals surface area contributed by atoms with E-state index in [2.05, 4.69) is 46.4 Å². The van der Waals surface area contributed by atoms with Crippen LogP contribution in [0, 0.1) is 23.2 Å². The van der Waals surface area contributed by atoms with Crippen molar-refractivity contribution in [2.45, 2.75) is 56.9 Å². The van der Waals surface area contributed by atoms with E-state index in [0.29, 0.717) is 31.3 Å². The molecule has 1 saturated heterocycles. The maximum atomic E-state index is 13.1. The van der Waals surface area contributed by atoms with Crippen LogP contribution in [0.15, 0.2) is 12.3 Å². The fourth-order valence-corrected chi connectivity index (χ4v) is 5.35. The van der Waals surface area contributed by atoms with Gasteiger partial charge in [-0.05, 0) is 51.5 Å². The first-order valence-electron chi connectivity index (χ1n) is 13.2. The molecule has 0 aromatic carbocycles. The summed E-state index contributed by atoms with van der Waals surface area (Å²) in [6, 6.07) is 4.24. The predicted molar refractivity (Wildman–Crippen MR) is 137 cm³/mol.